The topological polar surface area (TPSA) is 12.0 Å². The zero-order chi connectivity index (χ0) is 11.2. The molecule has 14 heavy (non-hydrogen) atoms. The van der Waals surface area contributed by atoms with Crippen LogP contribution in [0.3, 0.4) is 0 Å². The van der Waals surface area contributed by atoms with E-state index in [0.717, 1.165) is 6.54 Å². The average molecular weight is 197 g/mol. The maximum Gasteiger partial charge on any atom is 0.00965 e. The Morgan fingerprint density at radius 2 is 1.57 bits per heavy atom. The van der Waals surface area contributed by atoms with Crippen molar-refractivity contribution in [1.29, 1.82) is 0 Å². The maximum absolute atomic E-state index is 3.49. The highest BCUT2D eigenvalue weighted by Gasteiger charge is 2.06. The minimum absolute atomic E-state index is 0.258. The molecule has 84 valence electrons. The van der Waals surface area contributed by atoms with Gasteiger partial charge in [0.2, 0.25) is 0 Å². The predicted octanol–water partition coefficient (Wildman–Crippen LogP) is 3.76. The Morgan fingerprint density at radius 1 is 1.00 bits per heavy atom. The van der Waals surface area contributed by atoms with Crippen molar-refractivity contribution in [1.82, 2.24) is 5.32 Å². The minimum atomic E-state index is 0.258. The van der Waals surface area contributed by atoms with Crippen LogP contribution in [0.2, 0.25) is 0 Å². The lowest BCUT2D eigenvalue weighted by atomic mass is 9.96. The van der Waals surface area contributed by atoms with Gasteiger partial charge in [0.05, 0.1) is 0 Å². The highest BCUT2D eigenvalue weighted by Crippen LogP contribution is 2.14. The van der Waals surface area contributed by atoms with E-state index in [4.69, 9.17) is 0 Å². The fraction of sp³-hybridized carbons (Fsp3) is 0.846. The third-order valence-electron chi connectivity index (χ3n) is 1.82. The van der Waals surface area contributed by atoms with Crippen LogP contribution >= 0.6 is 0 Å². The van der Waals surface area contributed by atoms with Crippen LogP contribution in [0.5, 0.6) is 0 Å². The molecular weight excluding hydrogens is 170 g/mol. The fourth-order valence-corrected chi connectivity index (χ4v) is 1.12. The SMILES string of the molecule is CC(C)(C)/C=C\CCCNC(C)(C)C. The molecule has 0 bridgehead atoms. The Kier molecular flexibility index (Phi) is 5.43. The average Bonchev–Trinajstić information content (AvgIpc) is 1.92. The Hall–Kier alpha value is -0.300. The largest absolute Gasteiger partial charge is 0.312 e. The Balaban J connectivity index is 3.44. The molecule has 0 aliphatic rings. The molecule has 0 aromatic heterocycles. The zero-order valence-corrected chi connectivity index (χ0v) is 10.8. The maximum atomic E-state index is 3.49. The molecule has 0 radical (unpaired) electrons. The molecule has 0 spiro atoms. The summed E-state index contributed by atoms with van der Waals surface area (Å²) >= 11 is 0. The molecule has 0 unspecified atom stereocenters. The van der Waals surface area contributed by atoms with Gasteiger partial charge < -0.3 is 5.32 Å². The summed E-state index contributed by atoms with van der Waals surface area (Å²) in [4.78, 5) is 0. The predicted molar refractivity (Wildman–Crippen MR) is 65.6 cm³/mol. The van der Waals surface area contributed by atoms with Crippen LogP contribution in [0.4, 0.5) is 0 Å². The molecule has 1 heteroatoms. The second-order valence-corrected chi connectivity index (χ2v) is 6.09. The van der Waals surface area contributed by atoms with Crippen LogP contribution in [-0.4, -0.2) is 12.1 Å². The Bertz CT molecular complexity index is 167. The van der Waals surface area contributed by atoms with Crippen molar-refractivity contribution in [3.8, 4) is 0 Å². The molecule has 1 nitrogen and oxygen atoms in total. The smallest absolute Gasteiger partial charge is 0.00965 e. The molecule has 0 aromatic rings. The molecule has 1 N–H and O–H groups in total. The number of rotatable bonds is 4. The van der Waals surface area contributed by atoms with Gasteiger partial charge in [0, 0.05) is 5.54 Å². The van der Waals surface area contributed by atoms with E-state index >= 15 is 0 Å². The van der Waals surface area contributed by atoms with E-state index < -0.39 is 0 Å². The first-order chi connectivity index (χ1) is 6.21. The molecule has 0 aromatic carbocycles. The third kappa shape index (κ3) is 11.7. The van der Waals surface area contributed by atoms with Gasteiger partial charge in [-0.05, 0) is 45.6 Å². The van der Waals surface area contributed by atoms with Gasteiger partial charge in [0.25, 0.3) is 0 Å². The quantitative estimate of drug-likeness (QED) is 0.534. The van der Waals surface area contributed by atoms with Crippen LogP contribution in [0.1, 0.15) is 54.4 Å². The normalized spacial score (nSPS) is 13.9. The first-order valence-electron chi connectivity index (χ1n) is 5.63. The second kappa shape index (κ2) is 5.55. The summed E-state index contributed by atoms with van der Waals surface area (Å²) in [7, 11) is 0. The molecule has 0 saturated carbocycles. The van der Waals surface area contributed by atoms with Crippen molar-refractivity contribution in [2.45, 2.75) is 59.9 Å². The van der Waals surface area contributed by atoms with E-state index in [1.807, 2.05) is 0 Å². The first kappa shape index (κ1) is 13.7. The van der Waals surface area contributed by atoms with Crippen molar-refractivity contribution in [2.75, 3.05) is 6.54 Å². The number of allylic oxidation sites excluding steroid dienone is 2. The Labute approximate surface area is 90.0 Å². The van der Waals surface area contributed by atoms with Crippen molar-refractivity contribution >= 4 is 0 Å². The molecule has 0 aliphatic heterocycles. The van der Waals surface area contributed by atoms with Gasteiger partial charge in [-0.1, -0.05) is 32.9 Å². The molecule has 0 saturated heterocycles. The summed E-state index contributed by atoms with van der Waals surface area (Å²) in [5, 5.41) is 3.49. The van der Waals surface area contributed by atoms with Crippen molar-refractivity contribution in [3.63, 3.8) is 0 Å². The van der Waals surface area contributed by atoms with Crippen LogP contribution in [0.15, 0.2) is 12.2 Å². The van der Waals surface area contributed by atoms with Gasteiger partial charge in [-0.15, -0.1) is 0 Å². The first-order valence-corrected chi connectivity index (χ1v) is 5.63. The van der Waals surface area contributed by atoms with Gasteiger partial charge in [-0.3, -0.25) is 0 Å². The summed E-state index contributed by atoms with van der Waals surface area (Å²) in [5.41, 5.74) is 0.588. The van der Waals surface area contributed by atoms with Crippen LogP contribution in [0.25, 0.3) is 0 Å². The lowest BCUT2D eigenvalue weighted by molar-refractivity contribution is 0.423. The van der Waals surface area contributed by atoms with Crippen molar-refractivity contribution in [2.24, 2.45) is 5.41 Å². The van der Waals surface area contributed by atoms with E-state index in [9.17, 15) is 0 Å². The summed E-state index contributed by atoms with van der Waals surface area (Å²) in [6, 6.07) is 0. The molecule has 0 amide bonds. The minimum Gasteiger partial charge on any atom is -0.312 e. The Morgan fingerprint density at radius 3 is 2.00 bits per heavy atom. The van der Waals surface area contributed by atoms with E-state index in [2.05, 4.69) is 59.0 Å². The third-order valence-corrected chi connectivity index (χ3v) is 1.82. The number of hydrogen-bond acceptors (Lipinski definition) is 1. The summed E-state index contributed by atoms with van der Waals surface area (Å²) in [5.74, 6) is 0. The van der Waals surface area contributed by atoms with Crippen molar-refractivity contribution < 1.29 is 0 Å². The summed E-state index contributed by atoms with van der Waals surface area (Å²) in [6.45, 7) is 14.4. The van der Waals surface area contributed by atoms with E-state index in [1.165, 1.54) is 12.8 Å². The lowest BCUT2D eigenvalue weighted by Gasteiger charge is -2.20. The fourth-order valence-electron chi connectivity index (χ4n) is 1.12. The number of unbranched alkanes of at least 4 members (excludes halogenated alkanes) is 1. The van der Waals surface area contributed by atoms with E-state index in [-0.39, 0.29) is 5.54 Å². The number of nitrogens with one attached hydrogen (secondary N) is 1. The standard InChI is InChI=1S/C13H27N/c1-12(2,3)10-8-7-9-11-14-13(4,5)6/h8,10,14H,7,9,11H2,1-6H3/b10-8-. The molecule has 0 atom stereocenters. The molecule has 0 heterocycles. The van der Waals surface area contributed by atoms with Crippen LogP contribution < -0.4 is 5.32 Å². The zero-order valence-electron chi connectivity index (χ0n) is 10.8. The highest BCUT2D eigenvalue weighted by molar-refractivity contribution is 4.92. The monoisotopic (exact) mass is 197 g/mol. The van der Waals surface area contributed by atoms with Crippen LogP contribution in [-0.2, 0) is 0 Å². The lowest BCUT2D eigenvalue weighted by Crippen LogP contribution is -2.36. The second-order valence-electron chi connectivity index (χ2n) is 6.09. The highest BCUT2D eigenvalue weighted by atomic mass is 14.9. The van der Waals surface area contributed by atoms with Gasteiger partial charge in [0.1, 0.15) is 0 Å². The molecule has 0 rings (SSSR count). The molecular formula is C13H27N. The molecule has 0 aliphatic carbocycles. The van der Waals surface area contributed by atoms with Crippen LogP contribution in [0, 0.1) is 5.41 Å². The van der Waals surface area contributed by atoms with E-state index in [1.54, 1.807) is 0 Å². The number of hydrogen-bond donors (Lipinski definition) is 1. The summed E-state index contributed by atoms with van der Waals surface area (Å²) in [6.07, 6.45) is 7.00. The van der Waals surface area contributed by atoms with Gasteiger partial charge in [-0.25, -0.2) is 0 Å². The van der Waals surface area contributed by atoms with Crippen molar-refractivity contribution in [3.05, 3.63) is 12.2 Å². The van der Waals surface area contributed by atoms with Gasteiger partial charge >= 0.3 is 0 Å². The van der Waals surface area contributed by atoms with Gasteiger partial charge in [-0.2, -0.15) is 0 Å². The van der Waals surface area contributed by atoms with Gasteiger partial charge in [0.15, 0.2) is 0 Å². The van der Waals surface area contributed by atoms with E-state index in [0.29, 0.717) is 5.41 Å². The molecule has 0 fully saturated rings. The summed E-state index contributed by atoms with van der Waals surface area (Å²) < 4.78 is 0.